The topological polar surface area (TPSA) is 26.3 Å². The van der Waals surface area contributed by atoms with Crippen molar-refractivity contribution in [3.63, 3.8) is 0 Å². The van der Waals surface area contributed by atoms with Crippen LogP contribution in [0.15, 0.2) is 18.2 Å². The molecule has 0 heterocycles. The van der Waals surface area contributed by atoms with Crippen molar-refractivity contribution in [1.29, 1.82) is 0 Å². The number of rotatable bonds is 12. The fourth-order valence-corrected chi connectivity index (χ4v) is 6.35. The molecule has 0 saturated heterocycles. The first-order chi connectivity index (χ1) is 16.0. The van der Waals surface area contributed by atoms with Crippen LogP contribution in [0.3, 0.4) is 0 Å². The number of hydrogen-bond acceptors (Lipinski definition) is 2. The van der Waals surface area contributed by atoms with Crippen LogP contribution in [0.4, 0.5) is 4.39 Å². The maximum atomic E-state index is 13.5. The van der Waals surface area contributed by atoms with E-state index >= 15 is 0 Å². The van der Waals surface area contributed by atoms with Crippen LogP contribution in [-0.2, 0) is 4.79 Å². The van der Waals surface area contributed by atoms with Crippen molar-refractivity contribution in [2.24, 2.45) is 23.7 Å². The van der Waals surface area contributed by atoms with Crippen LogP contribution >= 0.6 is 11.6 Å². The largest absolute Gasteiger partial charge is 0.426 e. The van der Waals surface area contributed by atoms with Crippen LogP contribution in [0.2, 0.25) is 5.02 Å². The molecule has 0 aliphatic heterocycles. The second-order valence-corrected chi connectivity index (χ2v) is 11.1. The van der Waals surface area contributed by atoms with Crippen LogP contribution in [0, 0.1) is 29.5 Å². The van der Waals surface area contributed by atoms with Gasteiger partial charge in [0.05, 0.1) is 5.02 Å². The highest BCUT2D eigenvalue weighted by atomic mass is 35.5. The van der Waals surface area contributed by atoms with E-state index in [2.05, 4.69) is 6.92 Å². The molecule has 33 heavy (non-hydrogen) atoms. The third-order valence-corrected chi connectivity index (χ3v) is 8.53. The molecule has 2 saturated carbocycles. The number of ether oxygens (including phenoxy) is 1. The minimum Gasteiger partial charge on any atom is -0.426 e. The summed E-state index contributed by atoms with van der Waals surface area (Å²) in [5, 5.41) is 0.0412. The maximum absolute atomic E-state index is 13.5. The number of carbonyl (C=O) groups excluding carboxylic acids is 1. The summed E-state index contributed by atoms with van der Waals surface area (Å²) in [4.78, 5) is 12.3. The second-order valence-electron chi connectivity index (χ2n) is 10.7. The fraction of sp³-hybridized carbons (Fsp3) is 0.759. The Labute approximate surface area is 206 Å². The summed E-state index contributed by atoms with van der Waals surface area (Å²) < 4.78 is 18.9. The summed E-state index contributed by atoms with van der Waals surface area (Å²) in [6, 6.07) is 4.15. The highest BCUT2D eigenvalue weighted by molar-refractivity contribution is 6.30. The van der Waals surface area contributed by atoms with E-state index < -0.39 is 5.82 Å². The zero-order chi connectivity index (χ0) is 23.5. The van der Waals surface area contributed by atoms with E-state index in [-0.39, 0.29) is 16.7 Å². The molecule has 2 atom stereocenters. The highest BCUT2D eigenvalue weighted by Crippen LogP contribution is 2.43. The molecule has 2 nitrogen and oxygen atoms in total. The molecule has 1 aromatic carbocycles. The Morgan fingerprint density at radius 3 is 2.45 bits per heavy atom. The number of hydrogen-bond donors (Lipinski definition) is 0. The lowest BCUT2D eigenvalue weighted by molar-refractivity contribution is -0.134. The minimum atomic E-state index is -0.557. The predicted molar refractivity (Wildman–Crippen MR) is 135 cm³/mol. The summed E-state index contributed by atoms with van der Waals surface area (Å²) in [6.45, 7) is 2.28. The quantitative estimate of drug-likeness (QED) is 0.170. The van der Waals surface area contributed by atoms with E-state index in [1.54, 1.807) is 6.07 Å². The molecule has 186 valence electrons. The number of carbonyl (C=O) groups is 1. The van der Waals surface area contributed by atoms with Gasteiger partial charge < -0.3 is 4.74 Å². The van der Waals surface area contributed by atoms with E-state index in [9.17, 15) is 9.18 Å². The third kappa shape index (κ3) is 9.23. The van der Waals surface area contributed by atoms with E-state index in [0.717, 1.165) is 24.2 Å². The zero-order valence-electron chi connectivity index (χ0n) is 20.6. The molecule has 2 fully saturated rings. The van der Waals surface area contributed by atoms with Gasteiger partial charge in [0.2, 0.25) is 0 Å². The second kappa shape index (κ2) is 14.3. The van der Waals surface area contributed by atoms with Gasteiger partial charge in [-0.3, -0.25) is 4.79 Å². The molecule has 0 aromatic heterocycles. The van der Waals surface area contributed by atoms with Crippen molar-refractivity contribution in [1.82, 2.24) is 0 Å². The molecule has 0 N–H and O–H groups in total. The Morgan fingerprint density at radius 1 is 0.939 bits per heavy atom. The van der Waals surface area contributed by atoms with Gasteiger partial charge in [0.1, 0.15) is 11.6 Å². The van der Waals surface area contributed by atoms with E-state index in [1.807, 2.05) is 0 Å². The van der Waals surface area contributed by atoms with Gasteiger partial charge >= 0.3 is 5.97 Å². The third-order valence-electron chi connectivity index (χ3n) is 8.23. The first kappa shape index (κ1) is 26.5. The summed E-state index contributed by atoms with van der Waals surface area (Å²) in [5.41, 5.74) is 0. The first-order valence-corrected chi connectivity index (χ1v) is 14.1. The predicted octanol–water partition coefficient (Wildman–Crippen LogP) is 9.53. The van der Waals surface area contributed by atoms with Crippen LogP contribution in [0.5, 0.6) is 5.75 Å². The lowest BCUT2D eigenvalue weighted by Crippen LogP contribution is -2.27. The first-order valence-electron chi connectivity index (χ1n) is 13.7. The van der Waals surface area contributed by atoms with Crippen LogP contribution < -0.4 is 4.74 Å². The minimum absolute atomic E-state index is 0.0412. The van der Waals surface area contributed by atoms with Gasteiger partial charge in [-0.2, -0.15) is 0 Å². The van der Waals surface area contributed by atoms with Gasteiger partial charge in [0.15, 0.2) is 0 Å². The normalized spacial score (nSPS) is 25.7. The molecule has 0 amide bonds. The van der Waals surface area contributed by atoms with Crippen LogP contribution in [0.1, 0.15) is 116 Å². The Bertz CT molecular complexity index is 714. The SMILES string of the molecule is CCCCCCCCC1CCC([C@H]2CCCC(CCC(=O)Oc3ccc(Cl)c(F)c3)C2)CC1. The van der Waals surface area contributed by atoms with Crippen molar-refractivity contribution < 1.29 is 13.9 Å². The molecule has 2 aliphatic carbocycles. The molecule has 1 unspecified atom stereocenters. The Morgan fingerprint density at radius 2 is 1.70 bits per heavy atom. The van der Waals surface area contributed by atoms with Crippen LogP contribution in [-0.4, -0.2) is 5.97 Å². The van der Waals surface area contributed by atoms with Crippen molar-refractivity contribution in [2.45, 2.75) is 116 Å². The summed E-state index contributed by atoms with van der Waals surface area (Å²) >= 11 is 5.69. The van der Waals surface area contributed by atoms with Crippen molar-refractivity contribution in [3.8, 4) is 5.75 Å². The summed E-state index contributed by atoms with van der Waals surface area (Å²) in [5.74, 6) is 2.75. The molecular weight excluding hydrogens is 435 g/mol. The Kier molecular flexibility index (Phi) is 11.5. The monoisotopic (exact) mass is 478 g/mol. The van der Waals surface area contributed by atoms with Crippen molar-refractivity contribution >= 4 is 17.6 Å². The smallest absolute Gasteiger partial charge is 0.311 e. The molecule has 4 heteroatoms. The fourth-order valence-electron chi connectivity index (χ4n) is 6.23. The standard InChI is InChI=1S/C29H44ClFO2/c1-2-3-4-5-6-7-9-22-12-15-24(16-13-22)25-11-8-10-23(20-25)14-19-29(32)33-26-17-18-27(30)28(31)21-26/h17-18,21-25H,2-16,19-20H2,1H3/t22?,23?,24?,25-/m0/s1. The Hall–Kier alpha value is -1.09. The molecule has 0 spiro atoms. The Balaban J connectivity index is 1.31. The molecular formula is C29H44ClFO2. The van der Waals surface area contributed by atoms with Gasteiger partial charge in [-0.25, -0.2) is 4.39 Å². The van der Waals surface area contributed by atoms with E-state index in [4.69, 9.17) is 16.3 Å². The van der Waals surface area contributed by atoms with Crippen LogP contribution in [0.25, 0.3) is 0 Å². The van der Waals surface area contributed by atoms with E-state index in [1.165, 1.54) is 108 Å². The number of benzene rings is 1. The molecule has 2 aliphatic rings. The van der Waals surface area contributed by atoms with Crippen molar-refractivity contribution in [2.75, 3.05) is 0 Å². The summed E-state index contributed by atoms with van der Waals surface area (Å²) in [7, 11) is 0. The number of unbranched alkanes of at least 4 members (excludes halogenated alkanes) is 5. The average Bonchev–Trinajstić information content (AvgIpc) is 2.83. The number of halogens is 2. The van der Waals surface area contributed by atoms with Gasteiger partial charge in [-0.15, -0.1) is 0 Å². The molecule has 3 rings (SSSR count). The van der Waals surface area contributed by atoms with Gasteiger partial charge in [0.25, 0.3) is 0 Å². The molecule has 0 radical (unpaired) electrons. The van der Waals surface area contributed by atoms with Gasteiger partial charge in [-0.05, 0) is 61.5 Å². The summed E-state index contributed by atoms with van der Waals surface area (Å²) in [6.07, 6.45) is 22.1. The highest BCUT2D eigenvalue weighted by Gasteiger charge is 2.31. The van der Waals surface area contributed by atoms with Crippen molar-refractivity contribution in [3.05, 3.63) is 29.0 Å². The van der Waals surface area contributed by atoms with Gasteiger partial charge in [-0.1, -0.05) is 95.6 Å². The lowest BCUT2D eigenvalue weighted by Gasteiger charge is -2.38. The van der Waals surface area contributed by atoms with Gasteiger partial charge in [0, 0.05) is 12.5 Å². The average molecular weight is 479 g/mol. The van der Waals surface area contributed by atoms with E-state index in [0.29, 0.717) is 12.3 Å². The maximum Gasteiger partial charge on any atom is 0.311 e. The zero-order valence-corrected chi connectivity index (χ0v) is 21.4. The lowest BCUT2D eigenvalue weighted by atomic mass is 9.67. The number of esters is 1. The molecule has 0 bridgehead atoms. The molecule has 1 aromatic rings.